The van der Waals surface area contributed by atoms with E-state index in [1.54, 1.807) is 4.90 Å². The summed E-state index contributed by atoms with van der Waals surface area (Å²) in [4.78, 5) is 27.6. The molecular formula is C28H31N3O2. The van der Waals surface area contributed by atoms with Crippen LogP contribution in [0.15, 0.2) is 84.9 Å². The molecule has 0 unspecified atom stereocenters. The van der Waals surface area contributed by atoms with Gasteiger partial charge in [-0.3, -0.25) is 4.79 Å². The summed E-state index contributed by atoms with van der Waals surface area (Å²) in [7, 11) is 0. The van der Waals surface area contributed by atoms with Gasteiger partial charge in [-0.15, -0.1) is 0 Å². The average molecular weight is 442 g/mol. The molecule has 1 atom stereocenters. The molecule has 1 fully saturated rings. The maximum absolute atomic E-state index is 13.1. The number of nitrogens with one attached hydrogen (secondary N) is 2. The van der Waals surface area contributed by atoms with Gasteiger partial charge in [0.05, 0.1) is 6.04 Å². The highest BCUT2D eigenvalue weighted by Gasteiger charge is 2.29. The molecule has 0 spiro atoms. The molecule has 3 amide bonds. The number of amides is 3. The molecule has 5 heteroatoms. The van der Waals surface area contributed by atoms with Gasteiger partial charge in [-0.1, -0.05) is 72.8 Å². The van der Waals surface area contributed by atoms with E-state index < -0.39 is 0 Å². The molecule has 0 aromatic heterocycles. The van der Waals surface area contributed by atoms with E-state index in [4.69, 9.17) is 0 Å². The third kappa shape index (κ3) is 6.22. The van der Waals surface area contributed by atoms with Gasteiger partial charge in [0, 0.05) is 24.7 Å². The van der Waals surface area contributed by atoms with Gasteiger partial charge in [0.25, 0.3) is 0 Å². The molecule has 1 heterocycles. The fraction of sp³-hybridized carbons (Fsp3) is 0.286. The number of nitrogens with zero attached hydrogens (tertiary/aromatic N) is 1. The Kier molecular flexibility index (Phi) is 7.40. The molecule has 170 valence electrons. The second-order valence-corrected chi connectivity index (χ2v) is 8.72. The molecule has 1 aliphatic heterocycles. The lowest BCUT2D eigenvalue weighted by Gasteiger charge is -2.32. The van der Waals surface area contributed by atoms with Crippen LogP contribution in [0.2, 0.25) is 0 Å². The van der Waals surface area contributed by atoms with Gasteiger partial charge >= 0.3 is 6.03 Å². The van der Waals surface area contributed by atoms with Crippen molar-refractivity contribution in [2.24, 2.45) is 5.92 Å². The summed E-state index contributed by atoms with van der Waals surface area (Å²) in [5, 5.41) is 6.25. The van der Waals surface area contributed by atoms with E-state index in [2.05, 4.69) is 34.9 Å². The average Bonchev–Trinajstić information content (AvgIpc) is 2.85. The molecule has 3 aromatic carbocycles. The van der Waals surface area contributed by atoms with Crippen LogP contribution in [0.5, 0.6) is 0 Å². The fourth-order valence-corrected chi connectivity index (χ4v) is 4.35. The van der Waals surface area contributed by atoms with Gasteiger partial charge in [-0.05, 0) is 55.0 Å². The summed E-state index contributed by atoms with van der Waals surface area (Å²) >= 11 is 0. The van der Waals surface area contributed by atoms with E-state index in [-0.39, 0.29) is 23.9 Å². The van der Waals surface area contributed by atoms with Gasteiger partial charge in [0.1, 0.15) is 0 Å². The highest BCUT2D eigenvalue weighted by atomic mass is 16.2. The van der Waals surface area contributed by atoms with Crippen LogP contribution in [0.25, 0.3) is 0 Å². The zero-order valence-electron chi connectivity index (χ0n) is 19.0. The van der Waals surface area contributed by atoms with Crippen LogP contribution in [0.3, 0.4) is 0 Å². The lowest BCUT2D eigenvalue weighted by molar-refractivity contribution is -0.127. The van der Waals surface area contributed by atoms with Gasteiger partial charge in [-0.25, -0.2) is 4.79 Å². The number of rotatable bonds is 6. The van der Waals surface area contributed by atoms with Crippen LogP contribution in [0.1, 0.15) is 35.6 Å². The maximum Gasteiger partial charge on any atom is 0.321 e. The van der Waals surface area contributed by atoms with E-state index >= 15 is 0 Å². The van der Waals surface area contributed by atoms with Crippen molar-refractivity contribution < 1.29 is 9.59 Å². The Morgan fingerprint density at radius 3 is 2.24 bits per heavy atom. The van der Waals surface area contributed by atoms with Crippen LogP contribution in [0, 0.1) is 12.8 Å². The van der Waals surface area contributed by atoms with E-state index in [1.165, 1.54) is 5.56 Å². The Balaban J connectivity index is 1.34. The molecule has 0 saturated carbocycles. The predicted molar refractivity (Wildman–Crippen MR) is 132 cm³/mol. The minimum atomic E-state index is -0.106. The van der Waals surface area contributed by atoms with Crippen molar-refractivity contribution in [3.8, 4) is 0 Å². The Morgan fingerprint density at radius 2 is 1.58 bits per heavy atom. The number of likely N-dealkylation sites (tertiary alicyclic amines) is 1. The monoisotopic (exact) mass is 441 g/mol. The number of carbonyl (C=O) groups is 2. The highest BCUT2D eigenvalue weighted by molar-refractivity contribution is 5.89. The summed E-state index contributed by atoms with van der Waals surface area (Å²) in [6, 6.07) is 27.9. The number of aryl methyl sites for hydroxylation is 1. The third-order valence-corrected chi connectivity index (χ3v) is 6.22. The van der Waals surface area contributed by atoms with Crippen molar-refractivity contribution in [1.82, 2.24) is 10.2 Å². The molecule has 2 N–H and O–H groups in total. The van der Waals surface area contributed by atoms with Gasteiger partial charge in [-0.2, -0.15) is 0 Å². The topological polar surface area (TPSA) is 61.4 Å². The van der Waals surface area contributed by atoms with Gasteiger partial charge in [0.15, 0.2) is 0 Å². The number of benzene rings is 3. The molecule has 33 heavy (non-hydrogen) atoms. The van der Waals surface area contributed by atoms with E-state index in [0.29, 0.717) is 25.9 Å². The summed E-state index contributed by atoms with van der Waals surface area (Å²) in [6.07, 6.45) is 2.08. The maximum atomic E-state index is 13.1. The number of hydrogen-bond donors (Lipinski definition) is 2. The number of hydrogen-bond acceptors (Lipinski definition) is 2. The Labute approximate surface area is 195 Å². The first-order valence-electron chi connectivity index (χ1n) is 11.6. The second kappa shape index (κ2) is 10.8. The number of anilines is 1. The predicted octanol–water partition coefficient (Wildman–Crippen LogP) is 5.34. The zero-order chi connectivity index (χ0) is 23.0. The molecule has 0 radical (unpaired) electrons. The number of carbonyl (C=O) groups excluding carboxylic acids is 2. The smallest absolute Gasteiger partial charge is 0.321 e. The van der Waals surface area contributed by atoms with E-state index in [9.17, 15) is 9.59 Å². The summed E-state index contributed by atoms with van der Waals surface area (Å²) < 4.78 is 0. The summed E-state index contributed by atoms with van der Waals surface area (Å²) in [6.45, 7) is 3.15. The quantitative estimate of drug-likeness (QED) is 0.542. The second-order valence-electron chi connectivity index (χ2n) is 8.72. The van der Waals surface area contributed by atoms with Crippen molar-refractivity contribution in [3.63, 3.8) is 0 Å². The molecule has 1 aliphatic rings. The highest BCUT2D eigenvalue weighted by Crippen LogP contribution is 2.23. The van der Waals surface area contributed by atoms with Gasteiger partial charge < -0.3 is 15.5 Å². The minimum Gasteiger partial charge on any atom is -0.349 e. The Bertz CT molecular complexity index is 1060. The summed E-state index contributed by atoms with van der Waals surface area (Å²) in [5.41, 5.74) is 4.19. The van der Waals surface area contributed by atoms with E-state index in [0.717, 1.165) is 23.2 Å². The lowest BCUT2D eigenvalue weighted by Crippen LogP contribution is -2.45. The van der Waals surface area contributed by atoms with Crippen molar-refractivity contribution in [2.45, 2.75) is 32.2 Å². The largest absolute Gasteiger partial charge is 0.349 e. The first-order valence-corrected chi connectivity index (χ1v) is 11.6. The molecule has 5 nitrogen and oxygen atoms in total. The van der Waals surface area contributed by atoms with Crippen LogP contribution in [0.4, 0.5) is 10.5 Å². The van der Waals surface area contributed by atoms with Crippen molar-refractivity contribution in [1.29, 1.82) is 0 Å². The van der Waals surface area contributed by atoms with Crippen LogP contribution in [-0.4, -0.2) is 29.9 Å². The first-order chi connectivity index (χ1) is 16.1. The first kappa shape index (κ1) is 22.6. The zero-order valence-corrected chi connectivity index (χ0v) is 19.0. The van der Waals surface area contributed by atoms with E-state index in [1.807, 2.05) is 67.6 Å². The summed E-state index contributed by atoms with van der Waals surface area (Å²) in [5.74, 6) is -0.0199. The lowest BCUT2D eigenvalue weighted by atomic mass is 9.93. The Hall–Kier alpha value is -3.60. The molecular weight excluding hydrogens is 410 g/mol. The minimum absolute atomic E-state index is 0.0681. The SMILES string of the molecule is Cc1cccc(NC(=O)N2CCC(C(=O)N[C@H](Cc3ccccc3)c3ccccc3)CC2)c1. The van der Waals surface area contributed by atoms with Crippen LogP contribution < -0.4 is 10.6 Å². The number of urea groups is 1. The van der Waals surface area contributed by atoms with Crippen molar-refractivity contribution in [3.05, 3.63) is 102 Å². The Morgan fingerprint density at radius 1 is 0.909 bits per heavy atom. The van der Waals surface area contributed by atoms with Crippen LogP contribution >= 0.6 is 0 Å². The molecule has 4 rings (SSSR count). The third-order valence-electron chi connectivity index (χ3n) is 6.22. The molecule has 0 aliphatic carbocycles. The van der Waals surface area contributed by atoms with Gasteiger partial charge in [0.2, 0.25) is 5.91 Å². The molecule has 0 bridgehead atoms. The van der Waals surface area contributed by atoms with Crippen molar-refractivity contribution in [2.75, 3.05) is 18.4 Å². The number of piperidine rings is 1. The molecule has 3 aromatic rings. The van der Waals surface area contributed by atoms with Crippen molar-refractivity contribution >= 4 is 17.6 Å². The fourth-order valence-electron chi connectivity index (χ4n) is 4.35. The standard InChI is InChI=1S/C28H31N3O2/c1-21-9-8-14-25(19-21)29-28(33)31-17-15-24(16-18-31)27(32)30-26(23-12-6-3-7-13-23)20-22-10-4-2-5-11-22/h2-14,19,24,26H,15-18,20H2,1H3,(H,29,33)(H,30,32)/t26-/m1/s1. The normalized spacial score (nSPS) is 15.0. The molecule has 1 saturated heterocycles. The van der Waals surface area contributed by atoms with Crippen LogP contribution in [-0.2, 0) is 11.2 Å².